The van der Waals surface area contributed by atoms with Crippen molar-refractivity contribution in [1.82, 2.24) is 4.57 Å². The topological polar surface area (TPSA) is 60.3 Å². The highest BCUT2D eigenvalue weighted by molar-refractivity contribution is 6.08. The van der Waals surface area contributed by atoms with Crippen LogP contribution in [0.2, 0.25) is 0 Å². The third-order valence-electron chi connectivity index (χ3n) is 5.00. The second kappa shape index (κ2) is 7.80. The maximum atomic E-state index is 11.7. The molecule has 0 radical (unpaired) electrons. The average Bonchev–Trinajstić information content (AvgIpc) is 3.01. The standard InChI is InChI=1S/C24H22N2O3/c1-16(27)25-19-7-5-6-18(12-19)15-26-22-9-4-3-8-20(22)21-11-10-17(13-23(21)26)14-24(28)29-2/h3-13H,14-15H2,1-2H3,(H,25,27). The Morgan fingerprint density at radius 3 is 2.48 bits per heavy atom. The Labute approximate surface area is 168 Å². The van der Waals surface area contributed by atoms with Crippen LogP contribution < -0.4 is 5.32 Å². The van der Waals surface area contributed by atoms with E-state index in [0.717, 1.165) is 33.2 Å². The molecule has 29 heavy (non-hydrogen) atoms. The van der Waals surface area contributed by atoms with E-state index in [4.69, 9.17) is 4.74 Å². The molecule has 0 spiro atoms. The van der Waals surface area contributed by atoms with Crippen molar-refractivity contribution in [3.63, 3.8) is 0 Å². The van der Waals surface area contributed by atoms with Gasteiger partial charge in [-0.25, -0.2) is 0 Å². The highest BCUT2D eigenvalue weighted by Gasteiger charge is 2.13. The van der Waals surface area contributed by atoms with Gasteiger partial charge in [-0.3, -0.25) is 9.59 Å². The number of benzene rings is 3. The van der Waals surface area contributed by atoms with Gasteiger partial charge in [-0.05, 0) is 35.4 Å². The molecule has 0 bridgehead atoms. The number of hydrogen-bond donors (Lipinski definition) is 1. The van der Waals surface area contributed by atoms with Crippen LogP contribution in [0.4, 0.5) is 5.69 Å². The van der Waals surface area contributed by atoms with Gasteiger partial charge in [0.2, 0.25) is 5.91 Å². The quantitative estimate of drug-likeness (QED) is 0.513. The fourth-order valence-corrected chi connectivity index (χ4v) is 3.75. The van der Waals surface area contributed by atoms with Crippen molar-refractivity contribution in [2.24, 2.45) is 0 Å². The summed E-state index contributed by atoms with van der Waals surface area (Å²) in [7, 11) is 1.40. The van der Waals surface area contributed by atoms with Gasteiger partial charge >= 0.3 is 5.97 Å². The maximum Gasteiger partial charge on any atom is 0.309 e. The van der Waals surface area contributed by atoms with Crippen molar-refractivity contribution in [3.8, 4) is 0 Å². The number of amides is 1. The van der Waals surface area contributed by atoms with Crippen molar-refractivity contribution >= 4 is 39.4 Å². The molecule has 0 unspecified atom stereocenters. The highest BCUT2D eigenvalue weighted by atomic mass is 16.5. The molecule has 1 aromatic heterocycles. The van der Waals surface area contributed by atoms with Gasteiger partial charge in [-0.1, -0.05) is 42.5 Å². The van der Waals surface area contributed by atoms with Gasteiger partial charge in [0.25, 0.3) is 0 Å². The summed E-state index contributed by atoms with van der Waals surface area (Å²) in [6.45, 7) is 2.15. The summed E-state index contributed by atoms with van der Waals surface area (Å²) in [6, 6.07) is 22.2. The average molecular weight is 386 g/mol. The van der Waals surface area contributed by atoms with Gasteiger partial charge < -0.3 is 14.6 Å². The number of hydrogen-bond acceptors (Lipinski definition) is 3. The molecule has 0 aliphatic rings. The minimum absolute atomic E-state index is 0.0912. The van der Waals surface area contributed by atoms with Gasteiger partial charge in [0, 0.05) is 41.0 Å². The van der Waals surface area contributed by atoms with Crippen LogP contribution in [0, 0.1) is 0 Å². The first-order valence-corrected chi connectivity index (χ1v) is 9.48. The van der Waals surface area contributed by atoms with E-state index >= 15 is 0 Å². The molecule has 1 heterocycles. The van der Waals surface area contributed by atoms with Crippen LogP contribution in [0.15, 0.2) is 66.7 Å². The van der Waals surface area contributed by atoms with Crippen LogP contribution in [0.25, 0.3) is 21.8 Å². The van der Waals surface area contributed by atoms with E-state index < -0.39 is 0 Å². The Hall–Kier alpha value is -3.60. The second-order valence-electron chi connectivity index (χ2n) is 7.09. The Morgan fingerprint density at radius 2 is 1.69 bits per heavy atom. The van der Waals surface area contributed by atoms with Crippen molar-refractivity contribution in [3.05, 3.63) is 77.9 Å². The lowest BCUT2D eigenvalue weighted by molar-refractivity contribution is -0.139. The third kappa shape index (κ3) is 3.85. The van der Waals surface area contributed by atoms with Gasteiger partial charge in [0.05, 0.1) is 13.5 Å². The lowest BCUT2D eigenvalue weighted by Gasteiger charge is -2.10. The number of rotatable bonds is 5. The lowest BCUT2D eigenvalue weighted by atomic mass is 10.1. The molecule has 4 aromatic rings. The summed E-state index contributed by atoms with van der Waals surface area (Å²) in [5, 5.41) is 5.15. The summed E-state index contributed by atoms with van der Waals surface area (Å²) in [6.07, 6.45) is 0.242. The number of esters is 1. The van der Waals surface area contributed by atoms with E-state index in [1.54, 1.807) is 0 Å². The first-order valence-electron chi connectivity index (χ1n) is 9.48. The predicted octanol–water partition coefficient (Wildman–Crippen LogP) is 4.52. The molecule has 0 saturated carbocycles. The van der Waals surface area contributed by atoms with E-state index in [2.05, 4.69) is 34.1 Å². The predicted molar refractivity (Wildman–Crippen MR) is 115 cm³/mol. The number of anilines is 1. The van der Waals surface area contributed by atoms with Crippen molar-refractivity contribution in [1.29, 1.82) is 0 Å². The van der Waals surface area contributed by atoms with Crippen LogP contribution in [-0.2, 0) is 27.3 Å². The van der Waals surface area contributed by atoms with Crippen molar-refractivity contribution in [2.45, 2.75) is 19.9 Å². The molecule has 0 atom stereocenters. The monoisotopic (exact) mass is 386 g/mol. The molecule has 146 valence electrons. The lowest BCUT2D eigenvalue weighted by Crippen LogP contribution is -2.07. The Kier molecular flexibility index (Phi) is 5.04. The summed E-state index contributed by atoms with van der Waals surface area (Å²) >= 11 is 0. The van der Waals surface area contributed by atoms with Crippen LogP contribution in [0.1, 0.15) is 18.1 Å². The second-order valence-corrected chi connectivity index (χ2v) is 7.09. The van der Waals surface area contributed by atoms with Gasteiger partial charge in [0.15, 0.2) is 0 Å². The SMILES string of the molecule is COC(=O)Cc1ccc2c3ccccc3n(Cc3cccc(NC(C)=O)c3)c2c1. The van der Waals surface area contributed by atoms with Gasteiger partial charge in [-0.2, -0.15) is 0 Å². The maximum absolute atomic E-state index is 11.7. The molecule has 3 aromatic carbocycles. The molecular weight excluding hydrogens is 364 g/mol. The fourth-order valence-electron chi connectivity index (χ4n) is 3.75. The molecule has 1 N–H and O–H groups in total. The van der Waals surface area contributed by atoms with E-state index in [0.29, 0.717) is 6.54 Å². The van der Waals surface area contributed by atoms with E-state index in [-0.39, 0.29) is 18.3 Å². The number of nitrogens with one attached hydrogen (secondary N) is 1. The van der Waals surface area contributed by atoms with Crippen LogP contribution in [-0.4, -0.2) is 23.6 Å². The number of carbonyl (C=O) groups is 2. The third-order valence-corrected chi connectivity index (χ3v) is 5.00. The molecule has 5 heteroatoms. The molecule has 1 amide bonds. The van der Waals surface area contributed by atoms with Crippen LogP contribution in [0.5, 0.6) is 0 Å². The van der Waals surface area contributed by atoms with E-state index in [1.165, 1.54) is 19.4 Å². The Balaban J connectivity index is 1.82. The first kappa shape index (κ1) is 18.7. The minimum Gasteiger partial charge on any atom is -0.469 e. The Bertz CT molecular complexity index is 1220. The molecule has 4 rings (SSSR count). The van der Waals surface area contributed by atoms with Gasteiger partial charge in [-0.15, -0.1) is 0 Å². The summed E-state index contributed by atoms with van der Waals surface area (Å²) < 4.78 is 7.06. The number of fused-ring (bicyclic) bond motifs is 3. The number of nitrogens with zero attached hydrogens (tertiary/aromatic N) is 1. The number of ether oxygens (including phenoxy) is 1. The normalized spacial score (nSPS) is 11.0. The zero-order chi connectivity index (χ0) is 20.4. The number of para-hydroxylation sites is 1. The summed E-state index contributed by atoms with van der Waals surface area (Å²) in [5.74, 6) is -0.346. The molecule has 0 aliphatic heterocycles. The van der Waals surface area contributed by atoms with Crippen LogP contribution in [0.3, 0.4) is 0 Å². The molecule has 5 nitrogen and oxygen atoms in total. The van der Waals surface area contributed by atoms with Crippen molar-refractivity contribution < 1.29 is 14.3 Å². The van der Waals surface area contributed by atoms with Crippen molar-refractivity contribution in [2.75, 3.05) is 12.4 Å². The minimum atomic E-state index is -0.255. The molecule has 0 aliphatic carbocycles. The molecular formula is C24H22N2O3. The number of methoxy groups -OCH3 is 1. The fraction of sp³-hybridized carbons (Fsp3) is 0.167. The first-order chi connectivity index (χ1) is 14.0. The molecule has 0 saturated heterocycles. The zero-order valence-corrected chi connectivity index (χ0v) is 16.4. The zero-order valence-electron chi connectivity index (χ0n) is 16.4. The smallest absolute Gasteiger partial charge is 0.309 e. The van der Waals surface area contributed by atoms with Gasteiger partial charge in [0.1, 0.15) is 0 Å². The molecule has 0 fully saturated rings. The Morgan fingerprint density at radius 1 is 0.897 bits per heavy atom. The number of aromatic nitrogens is 1. The summed E-state index contributed by atoms with van der Waals surface area (Å²) in [5.41, 5.74) is 4.97. The number of carbonyl (C=O) groups excluding carboxylic acids is 2. The van der Waals surface area contributed by atoms with Crippen LogP contribution >= 0.6 is 0 Å². The summed E-state index contributed by atoms with van der Waals surface area (Å²) in [4.78, 5) is 23.1. The van der Waals surface area contributed by atoms with E-state index in [9.17, 15) is 9.59 Å². The van der Waals surface area contributed by atoms with E-state index in [1.807, 2.05) is 42.5 Å². The highest BCUT2D eigenvalue weighted by Crippen LogP contribution is 2.31. The largest absolute Gasteiger partial charge is 0.469 e.